The van der Waals surface area contributed by atoms with Crippen LogP contribution in [-0.4, -0.2) is 56.2 Å². The normalized spacial score (nSPS) is 23.4. The van der Waals surface area contributed by atoms with Crippen molar-refractivity contribution in [1.29, 1.82) is 0 Å². The zero-order chi connectivity index (χ0) is 26.2. The molecule has 0 N–H and O–H groups in total. The molecule has 0 radical (unpaired) electrons. The number of carbonyl (C=O) groups excluding carboxylic acids is 1. The quantitative estimate of drug-likeness (QED) is 0.419. The number of nitrogens with zero attached hydrogens (tertiary/aromatic N) is 5. The standard InChI is InChI=1S/C30H41N5O2/c1-21-11-9-17-31-27(21)25-15-8-16-26(33(25)5)28-32-23-13-6-7-14-24(23)35(28)20-22-12-10-18-34(19-22)29(36)37-30(2,3)4/h6-7,9,11,13-14,17,22,25-26H,8,10,12,15-16,18-20H2,1-5H3/t22?,25-,26+/m0/s1. The van der Waals surface area contributed by atoms with E-state index >= 15 is 0 Å². The summed E-state index contributed by atoms with van der Waals surface area (Å²) in [5, 5.41) is 0. The summed E-state index contributed by atoms with van der Waals surface area (Å²) in [4.78, 5) is 27.2. The third-order valence-corrected chi connectivity index (χ3v) is 7.90. The van der Waals surface area contributed by atoms with Crippen molar-refractivity contribution in [3.8, 4) is 0 Å². The molecule has 0 spiro atoms. The fourth-order valence-corrected chi connectivity index (χ4v) is 6.12. The van der Waals surface area contributed by atoms with Gasteiger partial charge in [-0.2, -0.15) is 0 Å². The first-order chi connectivity index (χ1) is 17.7. The Kier molecular flexibility index (Phi) is 7.26. The van der Waals surface area contributed by atoms with E-state index in [0.29, 0.717) is 5.92 Å². The molecule has 2 aliphatic rings. The minimum atomic E-state index is -0.480. The minimum Gasteiger partial charge on any atom is -0.444 e. The number of piperidine rings is 2. The number of ether oxygens (including phenoxy) is 1. The van der Waals surface area contributed by atoms with Crippen LogP contribution in [0.5, 0.6) is 0 Å². The van der Waals surface area contributed by atoms with Gasteiger partial charge in [-0.05, 0) is 96.5 Å². The van der Waals surface area contributed by atoms with Crippen LogP contribution in [0.2, 0.25) is 0 Å². The van der Waals surface area contributed by atoms with Gasteiger partial charge in [0.2, 0.25) is 0 Å². The summed E-state index contributed by atoms with van der Waals surface area (Å²) in [7, 11) is 2.23. The molecule has 1 aromatic carbocycles. The second kappa shape index (κ2) is 10.4. The monoisotopic (exact) mass is 503 g/mol. The lowest BCUT2D eigenvalue weighted by Gasteiger charge is -2.40. The predicted molar refractivity (Wildman–Crippen MR) is 146 cm³/mol. The second-order valence-electron chi connectivity index (χ2n) is 11.8. The Bertz CT molecular complexity index is 1250. The first-order valence-corrected chi connectivity index (χ1v) is 13.8. The van der Waals surface area contributed by atoms with Gasteiger partial charge in [0.15, 0.2) is 0 Å². The molecule has 2 saturated heterocycles. The number of hydrogen-bond acceptors (Lipinski definition) is 5. The fourth-order valence-electron chi connectivity index (χ4n) is 6.12. The van der Waals surface area contributed by atoms with E-state index in [1.54, 1.807) is 0 Å². The Balaban J connectivity index is 1.42. The highest BCUT2D eigenvalue weighted by Crippen LogP contribution is 2.41. The molecule has 37 heavy (non-hydrogen) atoms. The smallest absolute Gasteiger partial charge is 0.410 e. The van der Waals surface area contributed by atoms with E-state index in [9.17, 15) is 4.79 Å². The molecule has 198 valence electrons. The highest BCUT2D eigenvalue weighted by molar-refractivity contribution is 5.76. The van der Waals surface area contributed by atoms with E-state index in [0.717, 1.165) is 63.1 Å². The molecular weight excluding hydrogens is 462 g/mol. The molecule has 7 heteroatoms. The summed E-state index contributed by atoms with van der Waals surface area (Å²) < 4.78 is 8.12. The van der Waals surface area contributed by atoms with Crippen LogP contribution in [0, 0.1) is 12.8 Å². The molecule has 4 heterocycles. The van der Waals surface area contributed by atoms with Crippen LogP contribution in [0.15, 0.2) is 42.6 Å². The number of carbonyl (C=O) groups is 1. The van der Waals surface area contributed by atoms with Gasteiger partial charge in [-0.1, -0.05) is 18.2 Å². The van der Waals surface area contributed by atoms with Crippen LogP contribution in [0.25, 0.3) is 11.0 Å². The molecule has 5 rings (SSSR count). The molecule has 2 fully saturated rings. The zero-order valence-electron chi connectivity index (χ0n) is 23.0. The van der Waals surface area contributed by atoms with Crippen LogP contribution < -0.4 is 0 Å². The Hall–Kier alpha value is -2.93. The van der Waals surface area contributed by atoms with Gasteiger partial charge in [-0.15, -0.1) is 0 Å². The van der Waals surface area contributed by atoms with Crippen molar-refractivity contribution < 1.29 is 9.53 Å². The second-order valence-corrected chi connectivity index (χ2v) is 11.8. The van der Waals surface area contributed by atoms with E-state index in [1.165, 1.54) is 16.8 Å². The van der Waals surface area contributed by atoms with Crippen molar-refractivity contribution in [3.05, 3.63) is 59.7 Å². The molecule has 3 aromatic rings. The molecule has 2 aromatic heterocycles. The molecule has 1 unspecified atom stereocenters. The van der Waals surface area contributed by atoms with Gasteiger partial charge in [0, 0.05) is 25.8 Å². The zero-order valence-corrected chi connectivity index (χ0v) is 23.0. The summed E-state index contributed by atoms with van der Waals surface area (Å²) in [5.74, 6) is 1.50. The molecule has 0 bridgehead atoms. The van der Waals surface area contributed by atoms with Crippen molar-refractivity contribution >= 4 is 17.1 Å². The van der Waals surface area contributed by atoms with E-state index < -0.39 is 5.60 Å². The van der Waals surface area contributed by atoms with Crippen LogP contribution in [-0.2, 0) is 11.3 Å². The van der Waals surface area contributed by atoms with Gasteiger partial charge in [-0.25, -0.2) is 9.78 Å². The van der Waals surface area contributed by atoms with Gasteiger partial charge >= 0.3 is 6.09 Å². The summed E-state index contributed by atoms with van der Waals surface area (Å²) >= 11 is 0. The Morgan fingerprint density at radius 1 is 1.05 bits per heavy atom. The van der Waals surface area contributed by atoms with Crippen LogP contribution in [0.4, 0.5) is 4.79 Å². The Labute approximate surface area is 220 Å². The molecule has 2 aliphatic heterocycles. The number of aryl methyl sites for hydroxylation is 1. The number of pyridine rings is 1. The minimum absolute atomic E-state index is 0.200. The molecule has 3 atom stereocenters. The SMILES string of the molecule is Cc1cccnc1[C@@H]1CCC[C@H](c2nc3ccccc3n2CC2CCCN(C(=O)OC(C)(C)C)C2)N1C. The summed E-state index contributed by atoms with van der Waals surface area (Å²) in [6, 6.07) is 13.2. The number of likely N-dealkylation sites (tertiary alicyclic amines) is 2. The van der Waals surface area contributed by atoms with Crippen molar-refractivity contribution in [2.45, 2.75) is 84.0 Å². The van der Waals surface area contributed by atoms with Crippen LogP contribution >= 0.6 is 0 Å². The van der Waals surface area contributed by atoms with Gasteiger partial charge < -0.3 is 14.2 Å². The van der Waals surface area contributed by atoms with Crippen LogP contribution in [0.3, 0.4) is 0 Å². The number of aromatic nitrogens is 3. The van der Waals surface area contributed by atoms with Crippen LogP contribution in [0.1, 0.15) is 82.0 Å². The number of hydrogen-bond donors (Lipinski definition) is 0. The number of rotatable bonds is 4. The largest absolute Gasteiger partial charge is 0.444 e. The average Bonchev–Trinajstić information content (AvgIpc) is 3.22. The molecule has 0 aliphatic carbocycles. The molecule has 1 amide bonds. The summed E-state index contributed by atoms with van der Waals surface area (Å²) in [5.41, 5.74) is 4.17. The van der Waals surface area contributed by atoms with Gasteiger partial charge in [0.1, 0.15) is 11.4 Å². The van der Waals surface area contributed by atoms with E-state index in [1.807, 2.05) is 37.9 Å². The topological polar surface area (TPSA) is 63.5 Å². The maximum atomic E-state index is 12.8. The summed E-state index contributed by atoms with van der Waals surface area (Å²) in [6.07, 6.45) is 7.14. The highest BCUT2D eigenvalue weighted by atomic mass is 16.6. The number of para-hydroxylation sites is 2. The van der Waals surface area contributed by atoms with Gasteiger partial charge in [0.25, 0.3) is 0 Å². The van der Waals surface area contributed by atoms with Crippen molar-refractivity contribution in [2.75, 3.05) is 20.1 Å². The lowest BCUT2D eigenvalue weighted by atomic mass is 9.91. The number of fused-ring (bicyclic) bond motifs is 1. The maximum Gasteiger partial charge on any atom is 0.410 e. The molecular formula is C30H41N5O2. The average molecular weight is 504 g/mol. The van der Waals surface area contributed by atoms with Crippen molar-refractivity contribution in [2.24, 2.45) is 5.92 Å². The number of benzene rings is 1. The van der Waals surface area contributed by atoms with E-state index in [-0.39, 0.29) is 18.2 Å². The van der Waals surface area contributed by atoms with E-state index in [4.69, 9.17) is 14.7 Å². The lowest BCUT2D eigenvalue weighted by molar-refractivity contribution is 0.0156. The Morgan fingerprint density at radius 2 is 1.84 bits per heavy atom. The molecule has 7 nitrogen and oxygen atoms in total. The van der Waals surface area contributed by atoms with Crippen molar-refractivity contribution in [3.63, 3.8) is 0 Å². The third-order valence-electron chi connectivity index (χ3n) is 7.90. The van der Waals surface area contributed by atoms with E-state index in [2.05, 4.69) is 53.8 Å². The first kappa shape index (κ1) is 25.7. The summed E-state index contributed by atoms with van der Waals surface area (Å²) in [6.45, 7) is 10.3. The number of imidazole rings is 1. The predicted octanol–water partition coefficient (Wildman–Crippen LogP) is 6.28. The lowest BCUT2D eigenvalue weighted by Crippen LogP contribution is -2.44. The number of amides is 1. The van der Waals surface area contributed by atoms with Crippen molar-refractivity contribution in [1.82, 2.24) is 24.3 Å². The van der Waals surface area contributed by atoms with Gasteiger partial charge in [0.05, 0.1) is 28.8 Å². The first-order valence-electron chi connectivity index (χ1n) is 13.8. The van der Waals surface area contributed by atoms with Gasteiger partial charge in [-0.3, -0.25) is 9.88 Å². The molecule has 0 saturated carbocycles. The highest BCUT2D eigenvalue weighted by Gasteiger charge is 2.35. The fraction of sp³-hybridized carbons (Fsp3) is 0.567. The maximum absolute atomic E-state index is 12.8. The Morgan fingerprint density at radius 3 is 2.62 bits per heavy atom. The third kappa shape index (κ3) is 5.52.